The van der Waals surface area contributed by atoms with E-state index < -0.39 is 5.60 Å². The van der Waals surface area contributed by atoms with Crippen molar-refractivity contribution in [2.45, 2.75) is 26.4 Å². The summed E-state index contributed by atoms with van der Waals surface area (Å²) in [5, 5.41) is 12.5. The van der Waals surface area contributed by atoms with Gasteiger partial charge in [-0.2, -0.15) is 0 Å². The standard InChI is InChI=1S/C22H28ClNO/c1-16-7-6-8-20(13-16)22(25,18(3)15-24(4)5)17(2)14-19-9-11-21(23)12-10-19/h6-14,18,25H,15H2,1-5H3/b17-14+. The summed E-state index contributed by atoms with van der Waals surface area (Å²) < 4.78 is 0. The first-order valence-electron chi connectivity index (χ1n) is 8.62. The minimum atomic E-state index is -1.03. The maximum atomic E-state index is 11.8. The molecule has 2 unspecified atom stereocenters. The predicted molar refractivity (Wildman–Crippen MR) is 108 cm³/mol. The van der Waals surface area contributed by atoms with Crippen molar-refractivity contribution in [1.29, 1.82) is 0 Å². The third-order valence-electron chi connectivity index (χ3n) is 4.66. The maximum absolute atomic E-state index is 11.8. The zero-order chi connectivity index (χ0) is 18.6. The Hall–Kier alpha value is -1.61. The second-order valence-corrected chi connectivity index (χ2v) is 7.61. The first-order valence-corrected chi connectivity index (χ1v) is 9.00. The van der Waals surface area contributed by atoms with Gasteiger partial charge in [-0.25, -0.2) is 0 Å². The van der Waals surface area contributed by atoms with Crippen molar-refractivity contribution in [2.75, 3.05) is 20.6 Å². The molecule has 0 heterocycles. The summed E-state index contributed by atoms with van der Waals surface area (Å²) in [5.41, 5.74) is 3.01. The lowest BCUT2D eigenvalue weighted by Gasteiger charge is -2.37. The number of nitrogens with zero attached hydrogens (tertiary/aromatic N) is 1. The zero-order valence-electron chi connectivity index (χ0n) is 15.8. The number of hydrogen-bond acceptors (Lipinski definition) is 2. The molecule has 0 bridgehead atoms. The van der Waals surface area contributed by atoms with Crippen LogP contribution in [0.3, 0.4) is 0 Å². The first kappa shape index (κ1) is 19.7. The van der Waals surface area contributed by atoms with Gasteiger partial charge in [0.05, 0.1) is 0 Å². The fourth-order valence-corrected chi connectivity index (χ4v) is 3.51. The molecule has 0 aliphatic heterocycles. The highest BCUT2D eigenvalue weighted by atomic mass is 35.5. The molecule has 2 atom stereocenters. The molecule has 3 heteroatoms. The summed E-state index contributed by atoms with van der Waals surface area (Å²) in [6, 6.07) is 15.8. The van der Waals surface area contributed by atoms with Crippen LogP contribution in [0.4, 0.5) is 0 Å². The minimum Gasteiger partial charge on any atom is -0.380 e. The van der Waals surface area contributed by atoms with Crippen molar-refractivity contribution >= 4 is 17.7 Å². The Bertz CT molecular complexity index is 736. The molecule has 2 rings (SSSR count). The second-order valence-electron chi connectivity index (χ2n) is 7.18. The summed E-state index contributed by atoms with van der Waals surface area (Å²) in [5.74, 6) is 0.0350. The van der Waals surface area contributed by atoms with Crippen LogP contribution in [0.2, 0.25) is 5.02 Å². The largest absolute Gasteiger partial charge is 0.380 e. The van der Waals surface area contributed by atoms with Crippen molar-refractivity contribution in [3.05, 3.63) is 75.8 Å². The Morgan fingerprint density at radius 2 is 1.84 bits per heavy atom. The van der Waals surface area contributed by atoms with E-state index >= 15 is 0 Å². The van der Waals surface area contributed by atoms with Gasteiger partial charge >= 0.3 is 0 Å². The molecule has 134 valence electrons. The number of halogens is 1. The van der Waals surface area contributed by atoms with E-state index in [4.69, 9.17) is 11.6 Å². The van der Waals surface area contributed by atoms with Gasteiger partial charge in [-0.1, -0.05) is 66.6 Å². The quantitative estimate of drug-likeness (QED) is 0.774. The second kappa shape index (κ2) is 8.18. The molecule has 2 aromatic rings. The van der Waals surface area contributed by atoms with Gasteiger partial charge in [0.25, 0.3) is 0 Å². The van der Waals surface area contributed by atoms with Gasteiger partial charge in [-0.3, -0.25) is 0 Å². The topological polar surface area (TPSA) is 23.5 Å². The molecule has 25 heavy (non-hydrogen) atoms. The summed E-state index contributed by atoms with van der Waals surface area (Å²) in [4.78, 5) is 2.11. The zero-order valence-corrected chi connectivity index (χ0v) is 16.5. The molecule has 0 aromatic heterocycles. The third-order valence-corrected chi connectivity index (χ3v) is 4.92. The van der Waals surface area contributed by atoms with Crippen LogP contribution in [0.15, 0.2) is 54.1 Å². The lowest BCUT2D eigenvalue weighted by Crippen LogP contribution is -2.40. The van der Waals surface area contributed by atoms with E-state index in [0.29, 0.717) is 5.02 Å². The molecule has 1 N–H and O–H groups in total. The Balaban J connectivity index is 2.51. The Morgan fingerprint density at radius 3 is 2.40 bits per heavy atom. The number of aliphatic hydroxyl groups is 1. The number of hydrogen-bond donors (Lipinski definition) is 1. The van der Waals surface area contributed by atoms with Crippen LogP contribution in [-0.2, 0) is 5.60 Å². The smallest absolute Gasteiger partial charge is 0.114 e. The van der Waals surface area contributed by atoms with Crippen molar-refractivity contribution in [1.82, 2.24) is 4.90 Å². The molecule has 0 radical (unpaired) electrons. The fraction of sp³-hybridized carbons (Fsp3) is 0.364. The van der Waals surface area contributed by atoms with E-state index in [0.717, 1.165) is 28.8 Å². The highest BCUT2D eigenvalue weighted by molar-refractivity contribution is 6.30. The SMILES string of the molecule is C/C(=C\c1ccc(Cl)cc1)C(O)(c1cccc(C)c1)C(C)CN(C)C. The summed E-state index contributed by atoms with van der Waals surface area (Å²) in [6.07, 6.45) is 2.05. The summed E-state index contributed by atoms with van der Waals surface area (Å²) in [7, 11) is 4.07. The Kier molecular flexibility index (Phi) is 6.45. The van der Waals surface area contributed by atoms with Crippen molar-refractivity contribution in [2.24, 2.45) is 5.92 Å². The van der Waals surface area contributed by atoms with Crippen molar-refractivity contribution < 1.29 is 5.11 Å². The van der Waals surface area contributed by atoms with Crippen molar-refractivity contribution in [3.8, 4) is 0 Å². The molecule has 0 aliphatic carbocycles. The Morgan fingerprint density at radius 1 is 1.20 bits per heavy atom. The molecule has 0 spiro atoms. The van der Waals surface area contributed by atoms with Gasteiger partial charge in [0, 0.05) is 17.5 Å². The number of rotatable bonds is 6. The van der Waals surface area contributed by atoms with E-state index in [-0.39, 0.29) is 5.92 Å². The normalized spacial score (nSPS) is 15.9. The van der Waals surface area contributed by atoms with E-state index in [1.54, 1.807) is 0 Å². The van der Waals surface area contributed by atoms with Crippen LogP contribution in [0.5, 0.6) is 0 Å². The van der Waals surface area contributed by atoms with Crippen LogP contribution < -0.4 is 0 Å². The van der Waals surface area contributed by atoms with Crippen LogP contribution in [0, 0.1) is 12.8 Å². The van der Waals surface area contributed by atoms with E-state index in [1.807, 2.05) is 63.5 Å². The van der Waals surface area contributed by atoms with Gasteiger partial charge in [-0.05, 0) is 56.8 Å². The molecule has 0 saturated carbocycles. The monoisotopic (exact) mass is 357 g/mol. The molecule has 0 fully saturated rings. The highest BCUT2D eigenvalue weighted by Crippen LogP contribution is 2.38. The maximum Gasteiger partial charge on any atom is 0.114 e. The molecule has 0 saturated heterocycles. The lowest BCUT2D eigenvalue weighted by molar-refractivity contribution is 0.0105. The highest BCUT2D eigenvalue weighted by Gasteiger charge is 2.37. The fourth-order valence-electron chi connectivity index (χ4n) is 3.38. The molecule has 0 amide bonds. The van der Waals surface area contributed by atoms with Gasteiger partial charge in [0.15, 0.2) is 0 Å². The average Bonchev–Trinajstić information content (AvgIpc) is 2.55. The van der Waals surface area contributed by atoms with Crippen LogP contribution in [0.25, 0.3) is 6.08 Å². The molecular formula is C22H28ClNO. The molecule has 2 nitrogen and oxygen atoms in total. The summed E-state index contributed by atoms with van der Waals surface area (Å²) >= 11 is 5.98. The van der Waals surface area contributed by atoms with Crippen LogP contribution in [0.1, 0.15) is 30.5 Å². The van der Waals surface area contributed by atoms with Crippen LogP contribution >= 0.6 is 11.6 Å². The summed E-state index contributed by atoms with van der Waals surface area (Å²) in [6.45, 7) is 6.94. The third kappa shape index (κ3) is 4.72. The van der Waals surface area contributed by atoms with Gasteiger partial charge in [0.2, 0.25) is 0 Å². The number of aryl methyl sites for hydroxylation is 1. The van der Waals surface area contributed by atoms with E-state index in [9.17, 15) is 5.11 Å². The average molecular weight is 358 g/mol. The van der Waals surface area contributed by atoms with Gasteiger partial charge in [-0.15, -0.1) is 0 Å². The van der Waals surface area contributed by atoms with Crippen LogP contribution in [-0.4, -0.2) is 30.6 Å². The molecule has 0 aliphatic rings. The molecular weight excluding hydrogens is 330 g/mol. The van der Waals surface area contributed by atoms with Gasteiger partial charge in [0.1, 0.15) is 5.60 Å². The predicted octanol–water partition coefficient (Wildman–Crippen LogP) is 5.14. The van der Waals surface area contributed by atoms with Gasteiger partial charge < -0.3 is 10.0 Å². The minimum absolute atomic E-state index is 0.0350. The lowest BCUT2D eigenvalue weighted by atomic mass is 9.76. The Labute approximate surface area is 156 Å². The van der Waals surface area contributed by atoms with Crippen molar-refractivity contribution in [3.63, 3.8) is 0 Å². The molecule has 2 aromatic carbocycles. The van der Waals surface area contributed by atoms with E-state index in [2.05, 4.69) is 30.9 Å². The first-order chi connectivity index (χ1) is 11.7. The van der Waals surface area contributed by atoms with E-state index in [1.165, 1.54) is 0 Å². The number of benzene rings is 2.